The van der Waals surface area contributed by atoms with E-state index in [2.05, 4.69) is 10.3 Å². The van der Waals surface area contributed by atoms with Gasteiger partial charge in [-0.25, -0.2) is 0 Å². The van der Waals surface area contributed by atoms with Gasteiger partial charge in [0.05, 0.1) is 22.8 Å². The van der Waals surface area contributed by atoms with Gasteiger partial charge in [-0.3, -0.25) is 14.9 Å². The van der Waals surface area contributed by atoms with Crippen molar-refractivity contribution in [3.8, 4) is 0 Å². The molecule has 0 saturated carbocycles. The Morgan fingerprint density at radius 2 is 2.00 bits per heavy atom. The van der Waals surface area contributed by atoms with Gasteiger partial charge in [0.15, 0.2) is 0 Å². The van der Waals surface area contributed by atoms with Crippen LogP contribution in [0.3, 0.4) is 0 Å². The zero-order valence-corrected chi connectivity index (χ0v) is 9.82. The van der Waals surface area contributed by atoms with Crippen LogP contribution in [0.4, 0.5) is 5.69 Å². The maximum absolute atomic E-state index is 10.9. The molecule has 1 rings (SSSR count). The molecule has 8 heteroatoms. The predicted octanol–water partition coefficient (Wildman–Crippen LogP) is 2.21. The maximum Gasteiger partial charge on any atom is 0.297 e. The van der Waals surface area contributed by atoms with Crippen LogP contribution in [0, 0.1) is 0 Å². The standard InChI is InChI=1S/C7H7Cl2NO4S/c1-14-10-5-3-2-4(8)7(6(5)9)15(11,12)13/h2-3,10H,1H3,(H,11,12,13). The van der Waals surface area contributed by atoms with E-state index in [1.165, 1.54) is 19.2 Å². The van der Waals surface area contributed by atoms with E-state index >= 15 is 0 Å². The van der Waals surface area contributed by atoms with E-state index in [9.17, 15) is 8.42 Å². The number of hydrogen-bond donors (Lipinski definition) is 2. The van der Waals surface area contributed by atoms with Crippen LogP contribution in [-0.4, -0.2) is 20.1 Å². The molecule has 0 radical (unpaired) electrons. The molecule has 0 fully saturated rings. The summed E-state index contributed by atoms with van der Waals surface area (Å²) < 4.78 is 30.8. The number of benzene rings is 1. The number of rotatable bonds is 3. The number of hydrogen-bond acceptors (Lipinski definition) is 4. The fourth-order valence-electron chi connectivity index (χ4n) is 0.958. The summed E-state index contributed by atoms with van der Waals surface area (Å²) in [6, 6.07) is 2.70. The minimum atomic E-state index is -4.46. The first-order chi connectivity index (χ1) is 6.88. The Balaban J connectivity index is 3.44. The van der Waals surface area contributed by atoms with Crippen molar-refractivity contribution >= 4 is 39.0 Å². The lowest BCUT2D eigenvalue weighted by molar-refractivity contribution is 0.271. The lowest BCUT2D eigenvalue weighted by atomic mass is 10.3. The van der Waals surface area contributed by atoms with Gasteiger partial charge in [-0.15, -0.1) is 0 Å². The highest BCUT2D eigenvalue weighted by Crippen LogP contribution is 2.34. The van der Waals surface area contributed by atoms with Crippen molar-refractivity contribution in [3.05, 3.63) is 22.2 Å². The Morgan fingerprint density at radius 3 is 2.47 bits per heavy atom. The third-order valence-corrected chi connectivity index (χ3v) is 3.39. The Morgan fingerprint density at radius 1 is 1.40 bits per heavy atom. The number of halogens is 2. The summed E-state index contributed by atoms with van der Waals surface area (Å²) in [5.74, 6) is 0. The molecule has 84 valence electrons. The van der Waals surface area contributed by atoms with Crippen LogP contribution in [0.25, 0.3) is 0 Å². The second-order valence-electron chi connectivity index (χ2n) is 2.52. The van der Waals surface area contributed by atoms with Gasteiger partial charge < -0.3 is 0 Å². The van der Waals surface area contributed by atoms with Crippen molar-refractivity contribution in [1.82, 2.24) is 0 Å². The molecule has 0 unspecified atom stereocenters. The molecule has 1 aromatic carbocycles. The first-order valence-corrected chi connectivity index (χ1v) is 5.82. The second kappa shape index (κ2) is 4.54. The van der Waals surface area contributed by atoms with E-state index in [0.717, 1.165) is 0 Å². The summed E-state index contributed by atoms with van der Waals surface area (Å²) in [6.07, 6.45) is 0. The highest BCUT2D eigenvalue weighted by Gasteiger charge is 2.21. The molecule has 0 aliphatic heterocycles. The monoisotopic (exact) mass is 271 g/mol. The molecule has 0 atom stereocenters. The molecule has 0 aromatic heterocycles. The summed E-state index contributed by atoms with van der Waals surface area (Å²) in [5, 5.41) is -0.393. The molecule has 1 aromatic rings. The fraction of sp³-hybridized carbons (Fsp3) is 0.143. The second-order valence-corrected chi connectivity index (χ2v) is 4.66. The number of anilines is 1. The summed E-state index contributed by atoms with van der Waals surface area (Å²) in [4.78, 5) is 4.01. The van der Waals surface area contributed by atoms with Gasteiger partial charge in [-0.05, 0) is 12.1 Å². The van der Waals surface area contributed by atoms with Gasteiger partial charge in [-0.1, -0.05) is 23.2 Å². The first-order valence-electron chi connectivity index (χ1n) is 3.62. The molecular formula is C7H7Cl2NO4S. The Kier molecular flexibility index (Phi) is 3.80. The zero-order chi connectivity index (χ0) is 11.6. The Labute approximate surface area is 96.6 Å². The lowest BCUT2D eigenvalue weighted by Crippen LogP contribution is -2.04. The Hall–Kier alpha value is -0.530. The van der Waals surface area contributed by atoms with E-state index in [4.69, 9.17) is 27.8 Å². The van der Waals surface area contributed by atoms with E-state index < -0.39 is 15.0 Å². The minimum absolute atomic E-state index is 0.163. The van der Waals surface area contributed by atoms with Crippen molar-refractivity contribution in [2.45, 2.75) is 4.90 Å². The van der Waals surface area contributed by atoms with Crippen LogP contribution in [-0.2, 0) is 15.0 Å². The molecule has 15 heavy (non-hydrogen) atoms. The third kappa shape index (κ3) is 2.73. The quantitative estimate of drug-likeness (QED) is 0.651. The highest BCUT2D eigenvalue weighted by molar-refractivity contribution is 7.86. The van der Waals surface area contributed by atoms with Crippen LogP contribution in [0.5, 0.6) is 0 Å². The molecule has 5 nitrogen and oxygen atoms in total. The van der Waals surface area contributed by atoms with Crippen LogP contribution >= 0.6 is 23.2 Å². The average Bonchev–Trinajstić information content (AvgIpc) is 2.08. The molecule has 0 aliphatic rings. The molecular weight excluding hydrogens is 265 g/mol. The van der Waals surface area contributed by atoms with Gasteiger partial charge >= 0.3 is 0 Å². The molecule has 0 amide bonds. The van der Waals surface area contributed by atoms with Crippen molar-refractivity contribution in [1.29, 1.82) is 0 Å². The SMILES string of the molecule is CONc1ccc(Cl)c(S(=O)(=O)O)c1Cl. The summed E-state index contributed by atoms with van der Waals surface area (Å²) in [7, 11) is -3.13. The summed E-state index contributed by atoms with van der Waals surface area (Å²) >= 11 is 11.3. The van der Waals surface area contributed by atoms with Crippen LogP contribution in [0.15, 0.2) is 17.0 Å². The van der Waals surface area contributed by atoms with Gasteiger partial charge in [0, 0.05) is 0 Å². The Bertz CT molecular complexity index is 474. The predicted molar refractivity (Wildman–Crippen MR) is 56.9 cm³/mol. The smallest absolute Gasteiger partial charge is 0.282 e. The largest absolute Gasteiger partial charge is 0.297 e. The maximum atomic E-state index is 10.9. The molecule has 0 heterocycles. The van der Waals surface area contributed by atoms with Crippen LogP contribution in [0.1, 0.15) is 0 Å². The van der Waals surface area contributed by atoms with Crippen molar-refractivity contribution < 1.29 is 17.8 Å². The summed E-state index contributed by atoms with van der Waals surface area (Å²) in [5.41, 5.74) is 2.54. The van der Waals surface area contributed by atoms with Gasteiger partial charge in [0.25, 0.3) is 10.1 Å². The first kappa shape index (κ1) is 12.5. The van der Waals surface area contributed by atoms with E-state index in [1.807, 2.05) is 0 Å². The van der Waals surface area contributed by atoms with Crippen molar-refractivity contribution in [3.63, 3.8) is 0 Å². The van der Waals surface area contributed by atoms with Crippen LogP contribution in [0.2, 0.25) is 10.0 Å². The van der Waals surface area contributed by atoms with E-state index in [1.54, 1.807) is 0 Å². The van der Waals surface area contributed by atoms with Crippen molar-refractivity contribution in [2.24, 2.45) is 0 Å². The molecule has 0 bridgehead atoms. The lowest BCUT2D eigenvalue weighted by Gasteiger charge is -2.09. The topological polar surface area (TPSA) is 75.6 Å². The number of nitrogens with one attached hydrogen (secondary N) is 1. The molecule has 2 N–H and O–H groups in total. The summed E-state index contributed by atoms with van der Waals surface area (Å²) in [6.45, 7) is 0. The highest BCUT2D eigenvalue weighted by atomic mass is 35.5. The van der Waals surface area contributed by atoms with Crippen molar-refractivity contribution in [2.75, 3.05) is 12.6 Å². The zero-order valence-electron chi connectivity index (χ0n) is 7.49. The van der Waals surface area contributed by atoms with Crippen LogP contribution < -0.4 is 5.48 Å². The normalized spacial score (nSPS) is 11.5. The molecule has 0 saturated heterocycles. The third-order valence-electron chi connectivity index (χ3n) is 1.52. The van der Waals surface area contributed by atoms with E-state index in [-0.39, 0.29) is 15.7 Å². The van der Waals surface area contributed by atoms with Gasteiger partial charge in [-0.2, -0.15) is 8.42 Å². The van der Waals surface area contributed by atoms with E-state index in [0.29, 0.717) is 0 Å². The fourth-order valence-corrected chi connectivity index (χ4v) is 2.60. The molecule has 0 spiro atoms. The minimum Gasteiger partial charge on any atom is -0.282 e. The van der Waals surface area contributed by atoms with Gasteiger partial charge in [0.2, 0.25) is 0 Å². The average molecular weight is 272 g/mol. The molecule has 0 aliphatic carbocycles. The van der Waals surface area contributed by atoms with Gasteiger partial charge in [0.1, 0.15) is 4.90 Å².